The Balaban J connectivity index is 2.08. The summed E-state index contributed by atoms with van der Waals surface area (Å²) in [6.07, 6.45) is 1.85. The van der Waals surface area contributed by atoms with E-state index in [-0.39, 0.29) is 6.04 Å². The van der Waals surface area contributed by atoms with Crippen molar-refractivity contribution in [2.24, 2.45) is 5.73 Å². The molecule has 4 heteroatoms. The van der Waals surface area contributed by atoms with Crippen molar-refractivity contribution in [3.8, 4) is 0 Å². The number of aromatic nitrogens is 2. The van der Waals surface area contributed by atoms with E-state index in [1.165, 1.54) is 10.5 Å². The van der Waals surface area contributed by atoms with Gasteiger partial charge < -0.3 is 5.73 Å². The summed E-state index contributed by atoms with van der Waals surface area (Å²) in [4.78, 5) is 10.2. The maximum Gasteiger partial charge on any atom is 0.138 e. The summed E-state index contributed by atoms with van der Waals surface area (Å²) < 4.78 is 0. The predicted octanol–water partition coefficient (Wildman–Crippen LogP) is 3.41. The Bertz CT molecular complexity index is 567. The molecule has 0 saturated carbocycles. The Hall–Kier alpha value is -1.39. The van der Waals surface area contributed by atoms with Crippen molar-refractivity contribution in [1.29, 1.82) is 0 Å². The summed E-state index contributed by atoms with van der Waals surface area (Å²) in [5.41, 5.74) is 9.15. The molecule has 0 bridgehead atoms. The van der Waals surface area contributed by atoms with Crippen LogP contribution in [0.25, 0.3) is 0 Å². The lowest BCUT2D eigenvalue weighted by Gasteiger charge is -2.10. The number of thioether (sulfide) groups is 1. The number of aryl methyl sites for hydroxylation is 2. The van der Waals surface area contributed by atoms with Crippen LogP contribution in [-0.2, 0) is 5.75 Å². The number of rotatable bonds is 4. The van der Waals surface area contributed by atoms with E-state index in [2.05, 4.69) is 41.2 Å². The molecule has 1 heterocycles. The van der Waals surface area contributed by atoms with E-state index in [1.807, 2.05) is 20.0 Å². The maximum absolute atomic E-state index is 5.86. The Kier molecular flexibility index (Phi) is 4.56. The second-order valence-electron chi connectivity index (χ2n) is 4.67. The quantitative estimate of drug-likeness (QED) is 0.867. The van der Waals surface area contributed by atoms with Gasteiger partial charge in [-0.1, -0.05) is 18.2 Å². The van der Waals surface area contributed by atoms with Crippen LogP contribution in [0.3, 0.4) is 0 Å². The van der Waals surface area contributed by atoms with Gasteiger partial charge in [0.2, 0.25) is 0 Å². The fraction of sp³-hybridized carbons (Fsp3) is 0.333. The van der Waals surface area contributed by atoms with Gasteiger partial charge in [0.25, 0.3) is 0 Å². The predicted molar refractivity (Wildman–Crippen MR) is 80.1 cm³/mol. The van der Waals surface area contributed by atoms with Crippen molar-refractivity contribution in [3.05, 3.63) is 53.1 Å². The molecule has 0 spiro atoms. The molecule has 2 rings (SSSR count). The van der Waals surface area contributed by atoms with Crippen molar-refractivity contribution >= 4 is 11.8 Å². The monoisotopic (exact) mass is 273 g/mol. The number of hydrogen-bond donors (Lipinski definition) is 1. The molecular weight excluding hydrogens is 254 g/mol. The fourth-order valence-electron chi connectivity index (χ4n) is 1.90. The lowest BCUT2D eigenvalue weighted by molar-refractivity contribution is 0.781. The molecule has 2 aromatic rings. The van der Waals surface area contributed by atoms with Crippen molar-refractivity contribution < 1.29 is 0 Å². The Labute approximate surface area is 118 Å². The van der Waals surface area contributed by atoms with Crippen LogP contribution in [0.2, 0.25) is 0 Å². The van der Waals surface area contributed by atoms with Gasteiger partial charge >= 0.3 is 0 Å². The standard InChI is InChI=1S/C15H19N3S/c1-10-6-4-5-7-14(10)19-9-15-17-8-13(11(2)16)12(3)18-15/h4-8,11H,9,16H2,1-3H3. The second-order valence-corrected chi connectivity index (χ2v) is 5.69. The van der Waals surface area contributed by atoms with Gasteiger partial charge in [-0.3, -0.25) is 0 Å². The molecule has 19 heavy (non-hydrogen) atoms. The minimum Gasteiger partial charge on any atom is -0.324 e. The summed E-state index contributed by atoms with van der Waals surface area (Å²) in [5, 5.41) is 0. The molecular formula is C15H19N3S. The normalized spacial score (nSPS) is 12.4. The molecule has 0 aliphatic carbocycles. The van der Waals surface area contributed by atoms with Gasteiger partial charge in [-0.05, 0) is 32.4 Å². The van der Waals surface area contributed by atoms with Crippen molar-refractivity contribution in [2.45, 2.75) is 37.5 Å². The molecule has 0 saturated heterocycles. The van der Waals surface area contributed by atoms with Crippen LogP contribution in [0.15, 0.2) is 35.4 Å². The number of benzene rings is 1. The molecule has 0 aliphatic rings. The molecule has 100 valence electrons. The van der Waals surface area contributed by atoms with Crippen LogP contribution in [0.5, 0.6) is 0 Å². The van der Waals surface area contributed by atoms with Gasteiger partial charge in [-0.2, -0.15) is 0 Å². The zero-order chi connectivity index (χ0) is 13.8. The van der Waals surface area contributed by atoms with Crippen LogP contribution in [-0.4, -0.2) is 9.97 Å². The molecule has 0 fully saturated rings. The van der Waals surface area contributed by atoms with Gasteiger partial charge in [0.05, 0.1) is 5.75 Å². The second kappa shape index (κ2) is 6.17. The van der Waals surface area contributed by atoms with Gasteiger partial charge in [0.15, 0.2) is 0 Å². The zero-order valence-electron chi connectivity index (χ0n) is 11.6. The van der Waals surface area contributed by atoms with Crippen molar-refractivity contribution in [3.63, 3.8) is 0 Å². The van der Waals surface area contributed by atoms with Crippen LogP contribution in [0.1, 0.15) is 35.6 Å². The number of nitrogens with zero attached hydrogens (tertiary/aromatic N) is 2. The Morgan fingerprint density at radius 1 is 1.26 bits per heavy atom. The lowest BCUT2D eigenvalue weighted by atomic mass is 10.1. The highest BCUT2D eigenvalue weighted by Crippen LogP contribution is 2.25. The molecule has 0 radical (unpaired) electrons. The average Bonchev–Trinajstić information content (AvgIpc) is 2.37. The fourth-order valence-corrected chi connectivity index (χ4v) is 2.80. The minimum absolute atomic E-state index is 0.0157. The summed E-state index contributed by atoms with van der Waals surface area (Å²) in [6.45, 7) is 6.06. The third kappa shape index (κ3) is 3.55. The molecule has 1 aromatic heterocycles. The van der Waals surface area contributed by atoms with E-state index < -0.39 is 0 Å². The van der Waals surface area contributed by atoms with E-state index in [0.717, 1.165) is 22.8 Å². The van der Waals surface area contributed by atoms with Gasteiger partial charge in [-0.15, -0.1) is 11.8 Å². The average molecular weight is 273 g/mol. The zero-order valence-corrected chi connectivity index (χ0v) is 12.4. The Morgan fingerprint density at radius 2 is 2.00 bits per heavy atom. The van der Waals surface area contributed by atoms with E-state index in [0.29, 0.717) is 0 Å². The van der Waals surface area contributed by atoms with Gasteiger partial charge in [0.1, 0.15) is 5.82 Å². The molecule has 0 amide bonds. The first-order chi connectivity index (χ1) is 9.08. The Morgan fingerprint density at radius 3 is 2.63 bits per heavy atom. The third-order valence-electron chi connectivity index (χ3n) is 3.01. The minimum atomic E-state index is -0.0157. The highest BCUT2D eigenvalue weighted by molar-refractivity contribution is 7.98. The van der Waals surface area contributed by atoms with E-state index >= 15 is 0 Å². The maximum atomic E-state index is 5.86. The van der Waals surface area contributed by atoms with Gasteiger partial charge in [-0.25, -0.2) is 9.97 Å². The van der Waals surface area contributed by atoms with Crippen molar-refractivity contribution in [2.75, 3.05) is 0 Å². The lowest BCUT2D eigenvalue weighted by Crippen LogP contribution is -2.10. The summed E-state index contributed by atoms with van der Waals surface area (Å²) in [5.74, 6) is 1.64. The van der Waals surface area contributed by atoms with E-state index in [1.54, 1.807) is 11.8 Å². The molecule has 2 N–H and O–H groups in total. The first-order valence-corrected chi connectivity index (χ1v) is 7.33. The number of nitrogens with two attached hydrogens (primary N) is 1. The number of hydrogen-bond acceptors (Lipinski definition) is 4. The topological polar surface area (TPSA) is 51.8 Å². The molecule has 0 aliphatic heterocycles. The van der Waals surface area contributed by atoms with E-state index in [9.17, 15) is 0 Å². The molecule has 1 atom stereocenters. The van der Waals surface area contributed by atoms with Gasteiger partial charge in [0, 0.05) is 28.4 Å². The third-order valence-corrected chi connectivity index (χ3v) is 4.18. The van der Waals surface area contributed by atoms with Crippen molar-refractivity contribution in [1.82, 2.24) is 9.97 Å². The van der Waals surface area contributed by atoms with Crippen LogP contribution in [0.4, 0.5) is 0 Å². The molecule has 1 aromatic carbocycles. The highest BCUT2D eigenvalue weighted by Gasteiger charge is 2.08. The molecule has 1 unspecified atom stereocenters. The van der Waals surface area contributed by atoms with Crippen LogP contribution in [0, 0.1) is 13.8 Å². The highest BCUT2D eigenvalue weighted by atomic mass is 32.2. The summed E-state index contributed by atoms with van der Waals surface area (Å²) >= 11 is 1.77. The summed E-state index contributed by atoms with van der Waals surface area (Å²) in [7, 11) is 0. The summed E-state index contributed by atoms with van der Waals surface area (Å²) in [6, 6.07) is 8.34. The first kappa shape index (κ1) is 14.0. The van der Waals surface area contributed by atoms with Crippen LogP contribution < -0.4 is 5.73 Å². The van der Waals surface area contributed by atoms with Crippen LogP contribution >= 0.6 is 11.8 Å². The molecule has 3 nitrogen and oxygen atoms in total. The van der Waals surface area contributed by atoms with E-state index in [4.69, 9.17) is 5.73 Å². The first-order valence-electron chi connectivity index (χ1n) is 6.34. The SMILES string of the molecule is Cc1ccccc1SCc1ncc(C(C)N)c(C)n1. The largest absolute Gasteiger partial charge is 0.324 e. The smallest absolute Gasteiger partial charge is 0.138 e.